The maximum Gasteiger partial charge on any atom is 0.295 e. The summed E-state index contributed by atoms with van der Waals surface area (Å²) in [6.45, 7) is 5.01. The highest BCUT2D eigenvalue weighted by atomic mass is 16.1. The van der Waals surface area contributed by atoms with Crippen molar-refractivity contribution in [2.75, 3.05) is 5.73 Å². The molecular formula is C8H13N3O. The van der Waals surface area contributed by atoms with Gasteiger partial charge in [0.1, 0.15) is 5.69 Å². The predicted molar refractivity (Wildman–Crippen MR) is 47.7 cm³/mol. The molecule has 1 heterocycles. The minimum Gasteiger partial charge on any atom is -0.393 e. The van der Waals surface area contributed by atoms with Crippen LogP contribution in [0.3, 0.4) is 0 Å². The number of nitrogen functional groups attached to an aromatic ring is 1. The van der Waals surface area contributed by atoms with Crippen molar-refractivity contribution in [3.8, 4) is 0 Å². The van der Waals surface area contributed by atoms with Crippen molar-refractivity contribution >= 4 is 5.69 Å². The minimum absolute atomic E-state index is 0.207. The zero-order valence-corrected chi connectivity index (χ0v) is 7.32. The largest absolute Gasteiger partial charge is 0.393 e. The monoisotopic (exact) mass is 167 g/mol. The van der Waals surface area contributed by atoms with Crippen LogP contribution >= 0.6 is 0 Å². The van der Waals surface area contributed by atoms with Crippen LogP contribution < -0.4 is 11.3 Å². The van der Waals surface area contributed by atoms with Crippen molar-refractivity contribution in [2.45, 2.75) is 20.4 Å². The van der Waals surface area contributed by atoms with Crippen LogP contribution in [0.4, 0.5) is 5.69 Å². The first-order valence-corrected chi connectivity index (χ1v) is 3.91. The Morgan fingerprint density at radius 2 is 2.33 bits per heavy atom. The van der Waals surface area contributed by atoms with E-state index in [2.05, 4.69) is 18.8 Å². The topological polar surface area (TPSA) is 60.9 Å². The van der Waals surface area contributed by atoms with E-state index in [4.69, 9.17) is 5.73 Å². The first kappa shape index (κ1) is 8.77. The zero-order chi connectivity index (χ0) is 9.14. The molecule has 1 aromatic rings. The first-order chi connectivity index (χ1) is 5.59. The second-order valence-electron chi connectivity index (χ2n) is 3.22. The number of hydrogen-bond acceptors (Lipinski definition) is 3. The Balaban J connectivity index is 2.90. The predicted octanol–water partition coefficient (Wildman–Crippen LogP) is 0.481. The molecule has 0 aliphatic rings. The molecule has 1 rings (SSSR count). The average molecular weight is 167 g/mol. The molecule has 0 atom stereocenters. The van der Waals surface area contributed by atoms with Gasteiger partial charge < -0.3 is 10.3 Å². The fraction of sp³-hybridized carbons (Fsp3) is 0.500. The van der Waals surface area contributed by atoms with Crippen LogP contribution in [-0.2, 0) is 6.54 Å². The molecule has 66 valence electrons. The van der Waals surface area contributed by atoms with Crippen molar-refractivity contribution in [1.29, 1.82) is 0 Å². The van der Waals surface area contributed by atoms with Gasteiger partial charge in [-0.25, -0.2) is 0 Å². The van der Waals surface area contributed by atoms with E-state index in [9.17, 15) is 4.79 Å². The molecule has 12 heavy (non-hydrogen) atoms. The number of hydrogen-bond donors (Lipinski definition) is 1. The highest BCUT2D eigenvalue weighted by molar-refractivity contribution is 5.30. The summed E-state index contributed by atoms with van der Waals surface area (Å²) in [5.74, 6) is 0.522. The molecule has 2 N–H and O–H groups in total. The van der Waals surface area contributed by atoms with E-state index >= 15 is 0 Å². The van der Waals surface area contributed by atoms with Crippen LogP contribution in [0.5, 0.6) is 0 Å². The Hall–Kier alpha value is -1.32. The Morgan fingerprint density at radius 1 is 1.67 bits per heavy atom. The number of anilines is 1. The van der Waals surface area contributed by atoms with Gasteiger partial charge in [-0.2, -0.15) is 4.98 Å². The van der Waals surface area contributed by atoms with Gasteiger partial charge in [0.2, 0.25) is 0 Å². The van der Waals surface area contributed by atoms with E-state index in [1.807, 2.05) is 4.57 Å². The lowest BCUT2D eigenvalue weighted by molar-refractivity contribution is 0.515. The van der Waals surface area contributed by atoms with Crippen molar-refractivity contribution in [3.05, 3.63) is 22.9 Å². The third-order valence-electron chi connectivity index (χ3n) is 1.45. The Kier molecular flexibility index (Phi) is 2.47. The minimum atomic E-state index is -0.352. The SMILES string of the molecule is CC(C)Cn1cnc(=O)c(N)c1. The van der Waals surface area contributed by atoms with Gasteiger partial charge in [-0.3, -0.25) is 4.79 Å². The Labute approximate surface area is 71.0 Å². The molecule has 0 bridgehead atoms. The number of nitrogens with two attached hydrogens (primary N) is 1. The molecule has 0 radical (unpaired) electrons. The fourth-order valence-electron chi connectivity index (χ4n) is 0.990. The fourth-order valence-corrected chi connectivity index (χ4v) is 0.990. The zero-order valence-electron chi connectivity index (χ0n) is 7.32. The molecular weight excluding hydrogens is 154 g/mol. The molecule has 4 heteroatoms. The third kappa shape index (κ3) is 2.08. The lowest BCUT2D eigenvalue weighted by Gasteiger charge is -2.07. The van der Waals surface area contributed by atoms with Gasteiger partial charge in [-0.15, -0.1) is 0 Å². The standard InChI is InChI=1S/C8H13N3O/c1-6(2)3-11-4-7(9)8(12)10-5-11/h4-6H,3,9H2,1-2H3. The summed E-state index contributed by atoms with van der Waals surface area (Å²) in [6.07, 6.45) is 3.13. The molecule has 0 saturated heterocycles. The normalized spacial score (nSPS) is 10.6. The van der Waals surface area contributed by atoms with Crippen molar-refractivity contribution in [3.63, 3.8) is 0 Å². The first-order valence-electron chi connectivity index (χ1n) is 3.91. The van der Waals surface area contributed by atoms with Gasteiger partial charge in [0, 0.05) is 12.7 Å². The molecule has 0 unspecified atom stereocenters. The number of rotatable bonds is 2. The van der Waals surface area contributed by atoms with Gasteiger partial charge in [0.25, 0.3) is 5.56 Å². The average Bonchev–Trinajstić information content (AvgIpc) is 1.96. The molecule has 0 amide bonds. The van der Waals surface area contributed by atoms with E-state index in [-0.39, 0.29) is 11.2 Å². The van der Waals surface area contributed by atoms with Gasteiger partial charge in [-0.1, -0.05) is 13.8 Å². The summed E-state index contributed by atoms with van der Waals surface area (Å²) < 4.78 is 1.82. The highest BCUT2D eigenvalue weighted by Gasteiger charge is 1.98. The number of aromatic nitrogens is 2. The van der Waals surface area contributed by atoms with E-state index in [0.29, 0.717) is 5.92 Å². The second kappa shape index (κ2) is 3.38. The summed E-state index contributed by atoms with van der Waals surface area (Å²) in [5, 5.41) is 0. The maximum atomic E-state index is 10.8. The molecule has 0 aliphatic heterocycles. The molecule has 4 nitrogen and oxygen atoms in total. The summed E-state index contributed by atoms with van der Waals surface area (Å²) >= 11 is 0. The van der Waals surface area contributed by atoms with Crippen LogP contribution in [0.15, 0.2) is 17.3 Å². The lowest BCUT2D eigenvalue weighted by atomic mass is 10.2. The van der Waals surface area contributed by atoms with E-state index in [1.165, 1.54) is 6.33 Å². The summed E-state index contributed by atoms with van der Waals surface area (Å²) in [6, 6.07) is 0. The smallest absolute Gasteiger partial charge is 0.295 e. The second-order valence-corrected chi connectivity index (χ2v) is 3.22. The molecule has 0 fully saturated rings. The lowest BCUT2D eigenvalue weighted by Crippen LogP contribution is -2.16. The van der Waals surface area contributed by atoms with Crippen LogP contribution in [0.2, 0.25) is 0 Å². The third-order valence-corrected chi connectivity index (χ3v) is 1.45. The number of nitrogens with zero attached hydrogens (tertiary/aromatic N) is 2. The van der Waals surface area contributed by atoms with E-state index in [1.54, 1.807) is 6.20 Å². The van der Waals surface area contributed by atoms with Crippen molar-refractivity contribution in [1.82, 2.24) is 9.55 Å². The maximum absolute atomic E-state index is 10.8. The van der Waals surface area contributed by atoms with Gasteiger partial charge in [-0.05, 0) is 5.92 Å². The van der Waals surface area contributed by atoms with Gasteiger partial charge >= 0.3 is 0 Å². The quantitative estimate of drug-likeness (QED) is 0.697. The van der Waals surface area contributed by atoms with Crippen LogP contribution in [-0.4, -0.2) is 9.55 Å². The summed E-state index contributed by atoms with van der Waals surface area (Å²) in [7, 11) is 0. The van der Waals surface area contributed by atoms with Crippen molar-refractivity contribution in [2.24, 2.45) is 5.92 Å². The van der Waals surface area contributed by atoms with Crippen LogP contribution in [0.1, 0.15) is 13.8 Å². The van der Waals surface area contributed by atoms with Crippen LogP contribution in [0.25, 0.3) is 0 Å². The van der Waals surface area contributed by atoms with E-state index in [0.717, 1.165) is 6.54 Å². The van der Waals surface area contributed by atoms with Gasteiger partial charge in [0.15, 0.2) is 0 Å². The summed E-state index contributed by atoms with van der Waals surface area (Å²) in [4.78, 5) is 14.4. The van der Waals surface area contributed by atoms with Gasteiger partial charge in [0.05, 0.1) is 6.33 Å². The van der Waals surface area contributed by atoms with E-state index < -0.39 is 0 Å². The highest BCUT2D eigenvalue weighted by Crippen LogP contribution is 1.98. The molecule has 0 saturated carbocycles. The Bertz CT molecular complexity index is 316. The van der Waals surface area contributed by atoms with Crippen molar-refractivity contribution < 1.29 is 0 Å². The Morgan fingerprint density at radius 3 is 2.83 bits per heavy atom. The molecule has 0 spiro atoms. The molecule has 0 aromatic carbocycles. The molecule has 1 aromatic heterocycles. The summed E-state index contributed by atoms with van der Waals surface area (Å²) in [5.41, 5.74) is 5.26. The molecule has 0 aliphatic carbocycles. The van der Waals surface area contributed by atoms with Crippen LogP contribution in [0, 0.1) is 5.92 Å².